The Labute approximate surface area is 167 Å². The van der Waals surface area contributed by atoms with Gasteiger partial charge in [0.25, 0.3) is 0 Å². The minimum Gasteiger partial charge on any atom is -0.361 e. The van der Waals surface area contributed by atoms with E-state index in [1.807, 2.05) is 23.1 Å². The molecule has 28 heavy (non-hydrogen) atoms. The maximum atomic E-state index is 10.7. The number of hydrogen-bond donors (Lipinski definition) is 3. The number of nitrogens with one attached hydrogen (secondary N) is 2. The minimum atomic E-state index is -0.766. The second-order valence-electron chi connectivity index (χ2n) is 8.03. The van der Waals surface area contributed by atoms with Gasteiger partial charge in [-0.15, -0.1) is 0 Å². The van der Waals surface area contributed by atoms with Crippen molar-refractivity contribution in [1.82, 2.24) is 10.6 Å². The number of aliphatic hydroxyl groups is 1. The molecule has 2 aromatic carbocycles. The van der Waals surface area contributed by atoms with Crippen molar-refractivity contribution in [3.05, 3.63) is 65.7 Å². The summed E-state index contributed by atoms with van der Waals surface area (Å²) in [5, 5.41) is 27.3. The summed E-state index contributed by atoms with van der Waals surface area (Å²) in [6.45, 7) is 3.80. The van der Waals surface area contributed by atoms with E-state index in [2.05, 4.69) is 54.0 Å². The lowest BCUT2D eigenvalue weighted by atomic mass is 9.69. The van der Waals surface area contributed by atoms with Crippen LogP contribution in [-0.2, 0) is 5.54 Å². The SMILES string of the molecule is CCN[C@]1(c2ccccc2)CC[C@@]2(CC1)CN(c1ccccc1C#N)C(O)N2. The molecule has 1 saturated heterocycles. The highest BCUT2D eigenvalue weighted by Crippen LogP contribution is 2.44. The van der Waals surface area contributed by atoms with Crippen LogP contribution in [0.4, 0.5) is 5.69 Å². The molecule has 3 N–H and O–H groups in total. The van der Waals surface area contributed by atoms with Gasteiger partial charge in [0.05, 0.1) is 11.3 Å². The molecule has 1 spiro atoms. The van der Waals surface area contributed by atoms with Gasteiger partial charge in [-0.1, -0.05) is 49.4 Å². The molecule has 1 heterocycles. The molecule has 2 aromatic rings. The van der Waals surface area contributed by atoms with E-state index in [1.54, 1.807) is 6.07 Å². The highest BCUT2D eigenvalue weighted by atomic mass is 16.3. The van der Waals surface area contributed by atoms with E-state index in [9.17, 15) is 10.4 Å². The van der Waals surface area contributed by atoms with Crippen LogP contribution in [0.25, 0.3) is 0 Å². The predicted octanol–water partition coefficient (Wildman–Crippen LogP) is 3.06. The molecule has 1 unspecified atom stereocenters. The maximum Gasteiger partial charge on any atom is 0.184 e. The molecule has 5 nitrogen and oxygen atoms in total. The van der Waals surface area contributed by atoms with E-state index in [0.29, 0.717) is 12.1 Å². The zero-order valence-corrected chi connectivity index (χ0v) is 16.4. The van der Waals surface area contributed by atoms with E-state index >= 15 is 0 Å². The smallest absolute Gasteiger partial charge is 0.184 e. The molecule has 1 saturated carbocycles. The first-order valence-corrected chi connectivity index (χ1v) is 10.1. The van der Waals surface area contributed by atoms with E-state index < -0.39 is 6.35 Å². The third-order valence-electron chi connectivity index (χ3n) is 6.44. The number of anilines is 1. The van der Waals surface area contributed by atoms with Gasteiger partial charge in [-0.3, -0.25) is 5.32 Å². The lowest BCUT2D eigenvalue weighted by Crippen LogP contribution is -2.54. The van der Waals surface area contributed by atoms with E-state index in [0.717, 1.165) is 37.9 Å². The van der Waals surface area contributed by atoms with Gasteiger partial charge in [0, 0.05) is 17.6 Å². The number of aliphatic hydroxyl groups excluding tert-OH is 1. The molecule has 1 aliphatic carbocycles. The zero-order valence-electron chi connectivity index (χ0n) is 16.4. The molecular weight excluding hydrogens is 348 g/mol. The maximum absolute atomic E-state index is 10.7. The monoisotopic (exact) mass is 376 g/mol. The van der Waals surface area contributed by atoms with Gasteiger partial charge in [0.2, 0.25) is 0 Å². The lowest BCUT2D eigenvalue weighted by molar-refractivity contribution is 0.106. The van der Waals surface area contributed by atoms with Crippen LogP contribution < -0.4 is 15.5 Å². The van der Waals surface area contributed by atoms with Crippen LogP contribution in [0.15, 0.2) is 54.6 Å². The Balaban J connectivity index is 1.55. The van der Waals surface area contributed by atoms with Crippen molar-refractivity contribution in [2.45, 2.75) is 50.0 Å². The second-order valence-corrected chi connectivity index (χ2v) is 8.03. The second kappa shape index (κ2) is 7.56. The van der Waals surface area contributed by atoms with Crippen molar-refractivity contribution in [3.8, 4) is 6.07 Å². The summed E-state index contributed by atoms with van der Waals surface area (Å²) < 4.78 is 0. The Hall–Kier alpha value is -2.39. The van der Waals surface area contributed by atoms with Crippen molar-refractivity contribution in [1.29, 1.82) is 5.26 Å². The first-order chi connectivity index (χ1) is 13.6. The molecule has 0 amide bonds. The number of nitrogens with zero attached hydrogens (tertiary/aromatic N) is 2. The van der Waals surface area contributed by atoms with Crippen molar-refractivity contribution in [2.24, 2.45) is 0 Å². The van der Waals surface area contributed by atoms with Crippen molar-refractivity contribution in [2.75, 3.05) is 18.0 Å². The van der Waals surface area contributed by atoms with Crippen LogP contribution >= 0.6 is 0 Å². The Kier molecular flexibility index (Phi) is 5.11. The topological polar surface area (TPSA) is 71.3 Å². The normalized spacial score (nSPS) is 29.8. The van der Waals surface area contributed by atoms with Gasteiger partial charge in [-0.05, 0) is 49.9 Å². The van der Waals surface area contributed by atoms with E-state index in [-0.39, 0.29) is 11.1 Å². The van der Waals surface area contributed by atoms with E-state index in [4.69, 9.17) is 0 Å². The summed E-state index contributed by atoms with van der Waals surface area (Å²) in [6, 6.07) is 20.5. The first kappa shape index (κ1) is 18.9. The van der Waals surface area contributed by atoms with E-state index in [1.165, 1.54) is 5.56 Å². The molecule has 1 aliphatic heterocycles. The molecule has 0 radical (unpaired) electrons. The summed E-state index contributed by atoms with van der Waals surface area (Å²) in [5.41, 5.74) is 2.61. The van der Waals surface area contributed by atoms with Gasteiger partial charge in [-0.25, -0.2) is 0 Å². The van der Waals surface area contributed by atoms with Crippen molar-refractivity contribution >= 4 is 5.69 Å². The van der Waals surface area contributed by atoms with Crippen LogP contribution in [0.1, 0.15) is 43.7 Å². The summed E-state index contributed by atoms with van der Waals surface area (Å²) in [5.74, 6) is 0. The Bertz CT molecular complexity index is 852. The number of hydrogen-bond acceptors (Lipinski definition) is 5. The molecular formula is C23H28N4O. The van der Waals surface area contributed by atoms with Crippen LogP contribution in [0, 0.1) is 11.3 Å². The average Bonchev–Trinajstić information content (AvgIpc) is 3.06. The van der Waals surface area contributed by atoms with Crippen LogP contribution in [0.2, 0.25) is 0 Å². The molecule has 2 fully saturated rings. The fourth-order valence-corrected chi connectivity index (χ4v) is 4.97. The van der Waals surface area contributed by atoms with Gasteiger partial charge in [-0.2, -0.15) is 5.26 Å². The lowest BCUT2D eigenvalue weighted by Gasteiger charge is -2.45. The third-order valence-corrected chi connectivity index (χ3v) is 6.44. The highest BCUT2D eigenvalue weighted by molar-refractivity contribution is 5.60. The van der Waals surface area contributed by atoms with Crippen LogP contribution in [0.3, 0.4) is 0 Å². The molecule has 0 bridgehead atoms. The average molecular weight is 377 g/mol. The quantitative estimate of drug-likeness (QED) is 0.765. The molecule has 4 rings (SSSR count). The summed E-state index contributed by atoms with van der Waals surface area (Å²) in [4.78, 5) is 1.93. The summed E-state index contributed by atoms with van der Waals surface area (Å²) >= 11 is 0. The number of rotatable bonds is 4. The third kappa shape index (κ3) is 3.29. The fraction of sp³-hybridized carbons (Fsp3) is 0.435. The Morgan fingerprint density at radius 3 is 2.46 bits per heavy atom. The van der Waals surface area contributed by atoms with Crippen molar-refractivity contribution in [3.63, 3.8) is 0 Å². The first-order valence-electron chi connectivity index (χ1n) is 10.1. The predicted molar refractivity (Wildman–Crippen MR) is 111 cm³/mol. The van der Waals surface area contributed by atoms with Crippen LogP contribution in [0.5, 0.6) is 0 Å². The number of nitriles is 1. The highest BCUT2D eigenvalue weighted by Gasteiger charge is 2.49. The van der Waals surface area contributed by atoms with Gasteiger partial charge >= 0.3 is 0 Å². The Morgan fingerprint density at radius 2 is 1.79 bits per heavy atom. The zero-order chi connectivity index (χ0) is 19.6. The molecule has 0 aromatic heterocycles. The number of benzene rings is 2. The van der Waals surface area contributed by atoms with Gasteiger partial charge in [0.15, 0.2) is 6.35 Å². The molecule has 1 atom stereocenters. The Morgan fingerprint density at radius 1 is 1.11 bits per heavy atom. The summed E-state index contributed by atoms with van der Waals surface area (Å²) in [6.07, 6.45) is 3.20. The standard InChI is InChI=1S/C23H28N4O/c1-2-25-23(19-9-4-3-5-10-19)14-12-22(13-15-23)17-27(21(28)26-22)20-11-7-6-8-18(20)16-24/h3-11,21,25-26,28H,2,12-15,17H2,1H3/t21?,22-,23-. The van der Waals surface area contributed by atoms with Crippen LogP contribution in [-0.4, -0.2) is 30.1 Å². The minimum absolute atomic E-state index is 0.00806. The molecule has 2 aliphatic rings. The molecule has 146 valence electrons. The fourth-order valence-electron chi connectivity index (χ4n) is 4.97. The largest absolute Gasteiger partial charge is 0.361 e. The summed E-state index contributed by atoms with van der Waals surface area (Å²) in [7, 11) is 0. The van der Waals surface area contributed by atoms with Crippen molar-refractivity contribution < 1.29 is 5.11 Å². The van der Waals surface area contributed by atoms with Gasteiger partial charge in [0.1, 0.15) is 6.07 Å². The number of para-hydroxylation sites is 1. The van der Waals surface area contributed by atoms with Gasteiger partial charge < -0.3 is 15.3 Å². The molecule has 5 heteroatoms.